The second-order valence-electron chi connectivity index (χ2n) is 4.38. The van der Waals surface area contributed by atoms with E-state index in [0.717, 1.165) is 16.3 Å². The molecule has 2 rings (SSSR count). The van der Waals surface area contributed by atoms with E-state index in [1.807, 2.05) is 48.7 Å². The van der Waals surface area contributed by atoms with Gasteiger partial charge >= 0.3 is 0 Å². The Morgan fingerprint density at radius 1 is 1.00 bits per heavy atom. The van der Waals surface area contributed by atoms with Gasteiger partial charge < -0.3 is 20.1 Å². The van der Waals surface area contributed by atoms with Crippen molar-refractivity contribution in [3.63, 3.8) is 0 Å². The second kappa shape index (κ2) is 7.91. The van der Waals surface area contributed by atoms with Crippen molar-refractivity contribution in [2.75, 3.05) is 31.1 Å². The molecule has 116 valence electrons. The molecule has 0 aromatic heterocycles. The smallest absolute Gasteiger partial charge is 0.175 e. The van der Waals surface area contributed by atoms with Crippen molar-refractivity contribution >= 4 is 40.5 Å². The quantitative estimate of drug-likeness (QED) is 0.630. The molecular formula is C16H18N2O2S2. The molecule has 0 bridgehead atoms. The summed E-state index contributed by atoms with van der Waals surface area (Å²) >= 11 is 7.04. The van der Waals surface area contributed by atoms with Crippen LogP contribution in [0.5, 0.6) is 11.5 Å². The van der Waals surface area contributed by atoms with E-state index in [9.17, 15) is 0 Å². The van der Waals surface area contributed by atoms with Crippen LogP contribution < -0.4 is 20.1 Å². The fourth-order valence-electron chi connectivity index (χ4n) is 1.91. The van der Waals surface area contributed by atoms with Gasteiger partial charge in [0.1, 0.15) is 11.5 Å². The van der Waals surface area contributed by atoms with E-state index < -0.39 is 0 Å². The minimum Gasteiger partial charge on any atom is -0.497 e. The van der Waals surface area contributed by atoms with Crippen LogP contribution in [-0.4, -0.2) is 25.6 Å². The van der Waals surface area contributed by atoms with Gasteiger partial charge in [-0.15, -0.1) is 11.8 Å². The summed E-state index contributed by atoms with van der Waals surface area (Å²) in [6.07, 6.45) is 2.03. The summed E-state index contributed by atoms with van der Waals surface area (Å²) in [7, 11) is 3.23. The average Bonchev–Trinajstić information content (AvgIpc) is 2.54. The van der Waals surface area contributed by atoms with Crippen molar-refractivity contribution in [1.29, 1.82) is 0 Å². The highest BCUT2D eigenvalue weighted by atomic mass is 32.2. The summed E-state index contributed by atoms with van der Waals surface area (Å²) in [4.78, 5) is 1.13. The van der Waals surface area contributed by atoms with E-state index >= 15 is 0 Å². The van der Waals surface area contributed by atoms with Gasteiger partial charge in [-0.2, -0.15) is 0 Å². The van der Waals surface area contributed by atoms with E-state index in [4.69, 9.17) is 21.7 Å². The summed E-state index contributed by atoms with van der Waals surface area (Å²) in [5, 5.41) is 6.86. The Morgan fingerprint density at radius 3 is 2.23 bits per heavy atom. The summed E-state index contributed by atoms with van der Waals surface area (Å²) in [5.41, 5.74) is 1.78. The number of benzene rings is 2. The summed E-state index contributed by atoms with van der Waals surface area (Å²) in [6, 6.07) is 13.5. The number of rotatable bonds is 5. The lowest BCUT2D eigenvalue weighted by Gasteiger charge is -2.14. The molecular weight excluding hydrogens is 316 g/mol. The Labute approximate surface area is 140 Å². The summed E-state index contributed by atoms with van der Waals surface area (Å²) < 4.78 is 10.5. The number of para-hydroxylation sites is 1. The zero-order chi connectivity index (χ0) is 15.9. The van der Waals surface area contributed by atoms with Crippen LogP contribution in [0.2, 0.25) is 0 Å². The van der Waals surface area contributed by atoms with Crippen LogP contribution in [-0.2, 0) is 0 Å². The standard InChI is InChI=1S/C16H18N2O2S2/c1-19-12-8-11(9-13(10-12)20-2)17-16(21)18-14-6-4-5-7-15(14)22-3/h4-10H,1-3H3,(H2,17,18,21). The SMILES string of the molecule is COc1cc(NC(=S)Nc2ccccc2SC)cc(OC)c1. The first kappa shape index (κ1) is 16.5. The van der Waals surface area contributed by atoms with Gasteiger partial charge in [-0.1, -0.05) is 12.1 Å². The lowest BCUT2D eigenvalue weighted by Crippen LogP contribution is -2.19. The van der Waals surface area contributed by atoms with Gasteiger partial charge in [0.2, 0.25) is 0 Å². The Balaban J connectivity index is 2.12. The third-order valence-corrected chi connectivity index (χ3v) is 3.96. The first-order valence-electron chi connectivity index (χ1n) is 6.60. The number of hydrogen-bond donors (Lipinski definition) is 2. The zero-order valence-electron chi connectivity index (χ0n) is 12.7. The fraction of sp³-hybridized carbons (Fsp3) is 0.188. The van der Waals surface area contributed by atoms with E-state index in [1.54, 1.807) is 26.0 Å². The van der Waals surface area contributed by atoms with Gasteiger partial charge in [-0.3, -0.25) is 0 Å². The highest BCUT2D eigenvalue weighted by molar-refractivity contribution is 7.98. The van der Waals surface area contributed by atoms with Gasteiger partial charge in [-0.05, 0) is 30.6 Å². The van der Waals surface area contributed by atoms with Gasteiger partial charge in [0, 0.05) is 28.8 Å². The van der Waals surface area contributed by atoms with Crippen molar-refractivity contribution in [3.05, 3.63) is 42.5 Å². The Morgan fingerprint density at radius 2 is 1.64 bits per heavy atom. The van der Waals surface area contributed by atoms with Crippen molar-refractivity contribution in [2.45, 2.75) is 4.90 Å². The molecule has 2 N–H and O–H groups in total. The summed E-state index contributed by atoms with van der Waals surface area (Å²) in [6.45, 7) is 0. The number of nitrogens with one attached hydrogen (secondary N) is 2. The van der Waals surface area contributed by atoms with Gasteiger partial charge in [0.25, 0.3) is 0 Å². The van der Waals surface area contributed by atoms with Crippen LogP contribution >= 0.6 is 24.0 Å². The Kier molecular flexibility index (Phi) is 5.91. The molecule has 2 aromatic carbocycles. The number of thioether (sulfide) groups is 1. The maximum atomic E-state index is 5.37. The molecule has 0 aliphatic heterocycles. The fourth-order valence-corrected chi connectivity index (χ4v) is 2.69. The number of thiocarbonyl (C=S) groups is 1. The Bertz CT molecular complexity index is 640. The number of ether oxygens (including phenoxy) is 2. The van der Waals surface area contributed by atoms with Crippen LogP contribution in [0, 0.1) is 0 Å². The molecule has 0 spiro atoms. The lowest BCUT2D eigenvalue weighted by atomic mass is 10.3. The third kappa shape index (κ3) is 4.29. The minimum absolute atomic E-state index is 0.511. The maximum Gasteiger partial charge on any atom is 0.175 e. The molecule has 4 nitrogen and oxygen atoms in total. The normalized spacial score (nSPS) is 9.95. The van der Waals surface area contributed by atoms with Gasteiger partial charge in [0.05, 0.1) is 19.9 Å². The molecule has 6 heteroatoms. The largest absolute Gasteiger partial charge is 0.497 e. The molecule has 0 unspecified atom stereocenters. The van der Waals surface area contributed by atoms with E-state index in [1.165, 1.54) is 0 Å². The lowest BCUT2D eigenvalue weighted by molar-refractivity contribution is 0.395. The van der Waals surface area contributed by atoms with Crippen LogP contribution in [0.1, 0.15) is 0 Å². The van der Waals surface area contributed by atoms with Crippen LogP contribution in [0.4, 0.5) is 11.4 Å². The van der Waals surface area contributed by atoms with Crippen molar-refractivity contribution in [3.8, 4) is 11.5 Å². The van der Waals surface area contributed by atoms with Gasteiger partial charge in [-0.25, -0.2) is 0 Å². The van der Waals surface area contributed by atoms with Crippen molar-refractivity contribution in [2.24, 2.45) is 0 Å². The van der Waals surface area contributed by atoms with Crippen LogP contribution in [0.3, 0.4) is 0 Å². The number of hydrogen-bond acceptors (Lipinski definition) is 4. The molecule has 0 saturated carbocycles. The molecule has 0 amide bonds. The first-order valence-corrected chi connectivity index (χ1v) is 8.23. The van der Waals surface area contributed by atoms with Crippen molar-refractivity contribution in [1.82, 2.24) is 0 Å². The molecule has 0 aliphatic carbocycles. The van der Waals surface area contributed by atoms with Crippen LogP contribution in [0.15, 0.2) is 47.4 Å². The van der Waals surface area contributed by atoms with E-state index in [0.29, 0.717) is 16.6 Å². The predicted octanol–water partition coefficient (Wildman–Crippen LogP) is 4.23. The molecule has 0 saturated heterocycles. The average molecular weight is 334 g/mol. The predicted molar refractivity (Wildman–Crippen MR) is 97.6 cm³/mol. The van der Waals surface area contributed by atoms with E-state index in [-0.39, 0.29) is 0 Å². The van der Waals surface area contributed by atoms with E-state index in [2.05, 4.69) is 10.6 Å². The second-order valence-corrected chi connectivity index (χ2v) is 5.64. The molecule has 0 radical (unpaired) electrons. The van der Waals surface area contributed by atoms with Crippen LogP contribution in [0.25, 0.3) is 0 Å². The van der Waals surface area contributed by atoms with Gasteiger partial charge in [0.15, 0.2) is 5.11 Å². The molecule has 2 aromatic rings. The number of methoxy groups -OCH3 is 2. The molecule has 0 atom stereocenters. The maximum absolute atomic E-state index is 5.37. The molecule has 22 heavy (non-hydrogen) atoms. The first-order chi connectivity index (χ1) is 10.7. The minimum atomic E-state index is 0.511. The highest BCUT2D eigenvalue weighted by Gasteiger charge is 2.06. The topological polar surface area (TPSA) is 42.5 Å². The monoisotopic (exact) mass is 334 g/mol. The molecule has 0 heterocycles. The summed E-state index contributed by atoms with van der Waals surface area (Å²) in [5.74, 6) is 1.41. The highest BCUT2D eigenvalue weighted by Crippen LogP contribution is 2.27. The number of anilines is 2. The molecule has 0 fully saturated rings. The Hall–Kier alpha value is -1.92. The van der Waals surface area contributed by atoms with Crippen molar-refractivity contribution < 1.29 is 9.47 Å². The zero-order valence-corrected chi connectivity index (χ0v) is 14.3. The molecule has 0 aliphatic rings. The third-order valence-electron chi connectivity index (χ3n) is 2.96.